The summed E-state index contributed by atoms with van der Waals surface area (Å²) in [6.07, 6.45) is 4.50. The van der Waals surface area contributed by atoms with Gasteiger partial charge in [-0.3, -0.25) is 9.59 Å². The van der Waals surface area contributed by atoms with Crippen LogP contribution >= 0.6 is 0 Å². The van der Waals surface area contributed by atoms with E-state index in [1.54, 1.807) is 18.2 Å². The molecular weight excluding hydrogens is 486 g/mol. The molecule has 0 aliphatic heterocycles. The van der Waals surface area contributed by atoms with Crippen molar-refractivity contribution in [2.24, 2.45) is 0 Å². The standard InChI is InChI=1S/C29H35N3O4S/c1-3-27(29(34)30-25-15-9-10-16-25)32(20-22-11-5-4-6-12-22)28(33)21-31(2)37(35,36)26-18-17-23-13-7-8-14-24(23)19-26/h4-8,11-14,17-19,25,27H,3,9-10,15-16,20-21H2,1-2H3,(H,30,34). The normalized spacial score (nSPS) is 15.1. The van der Waals surface area contributed by atoms with Gasteiger partial charge in [0.15, 0.2) is 0 Å². The van der Waals surface area contributed by atoms with E-state index < -0.39 is 22.0 Å². The fourth-order valence-electron chi connectivity index (χ4n) is 4.94. The molecule has 0 radical (unpaired) electrons. The zero-order chi connectivity index (χ0) is 26.4. The zero-order valence-corrected chi connectivity index (χ0v) is 22.3. The number of nitrogens with zero attached hydrogens (tertiary/aromatic N) is 2. The van der Waals surface area contributed by atoms with Gasteiger partial charge in [0, 0.05) is 19.6 Å². The van der Waals surface area contributed by atoms with Crippen LogP contribution in [0.1, 0.15) is 44.6 Å². The van der Waals surface area contributed by atoms with E-state index in [1.165, 1.54) is 11.9 Å². The summed E-state index contributed by atoms with van der Waals surface area (Å²) >= 11 is 0. The van der Waals surface area contributed by atoms with E-state index in [-0.39, 0.29) is 29.9 Å². The summed E-state index contributed by atoms with van der Waals surface area (Å²) in [7, 11) is -2.51. The van der Waals surface area contributed by atoms with Crippen LogP contribution < -0.4 is 5.32 Å². The molecule has 1 atom stereocenters. The lowest BCUT2D eigenvalue weighted by molar-refractivity contribution is -0.141. The molecule has 7 nitrogen and oxygen atoms in total. The van der Waals surface area contributed by atoms with Gasteiger partial charge in [-0.15, -0.1) is 0 Å². The highest BCUT2D eigenvalue weighted by Gasteiger charge is 2.33. The molecule has 0 heterocycles. The van der Waals surface area contributed by atoms with Crippen molar-refractivity contribution in [1.29, 1.82) is 0 Å². The van der Waals surface area contributed by atoms with Gasteiger partial charge in [-0.05, 0) is 47.7 Å². The lowest BCUT2D eigenvalue weighted by Crippen LogP contribution is -2.53. The van der Waals surface area contributed by atoms with Gasteiger partial charge in [0.05, 0.1) is 11.4 Å². The molecule has 2 amide bonds. The number of carbonyl (C=O) groups is 2. The Labute approximate surface area is 219 Å². The topological polar surface area (TPSA) is 86.8 Å². The maximum absolute atomic E-state index is 13.6. The van der Waals surface area contributed by atoms with E-state index in [9.17, 15) is 18.0 Å². The molecule has 8 heteroatoms. The number of nitrogens with one attached hydrogen (secondary N) is 1. The predicted molar refractivity (Wildman–Crippen MR) is 145 cm³/mol. The number of carbonyl (C=O) groups excluding carboxylic acids is 2. The van der Waals surface area contributed by atoms with Gasteiger partial charge in [0.1, 0.15) is 6.04 Å². The monoisotopic (exact) mass is 521 g/mol. The van der Waals surface area contributed by atoms with Crippen LogP contribution in [0.15, 0.2) is 77.7 Å². The summed E-state index contributed by atoms with van der Waals surface area (Å²) in [6, 6.07) is 21.4. The fourth-order valence-corrected chi connectivity index (χ4v) is 6.10. The SMILES string of the molecule is CCC(C(=O)NC1CCCC1)N(Cc1ccccc1)C(=O)CN(C)S(=O)(=O)c1ccc2ccccc2c1. The van der Waals surface area contributed by atoms with Crippen LogP contribution in [-0.4, -0.2) is 55.1 Å². The Morgan fingerprint density at radius 2 is 1.59 bits per heavy atom. The molecule has 3 aromatic rings. The Hall–Kier alpha value is -3.23. The summed E-state index contributed by atoms with van der Waals surface area (Å²) in [5.74, 6) is -0.595. The highest BCUT2D eigenvalue weighted by atomic mass is 32.2. The minimum atomic E-state index is -3.92. The number of sulfonamides is 1. The number of fused-ring (bicyclic) bond motifs is 1. The second-order valence-corrected chi connectivity index (χ2v) is 11.7. The van der Waals surface area contributed by atoms with Crippen LogP contribution in [0.3, 0.4) is 0 Å². The van der Waals surface area contributed by atoms with E-state index >= 15 is 0 Å². The van der Waals surface area contributed by atoms with Crippen molar-refractivity contribution in [2.45, 2.75) is 62.6 Å². The van der Waals surface area contributed by atoms with Gasteiger partial charge < -0.3 is 10.2 Å². The van der Waals surface area contributed by atoms with E-state index in [1.807, 2.05) is 61.5 Å². The van der Waals surface area contributed by atoms with Crippen LogP contribution in [0.2, 0.25) is 0 Å². The van der Waals surface area contributed by atoms with E-state index in [0.717, 1.165) is 46.3 Å². The number of likely N-dealkylation sites (N-methyl/N-ethyl adjacent to an activating group) is 1. The zero-order valence-electron chi connectivity index (χ0n) is 21.5. The second-order valence-electron chi connectivity index (χ2n) is 9.69. The summed E-state index contributed by atoms with van der Waals surface area (Å²) in [5.41, 5.74) is 0.878. The minimum Gasteiger partial charge on any atom is -0.352 e. The number of hydrogen-bond acceptors (Lipinski definition) is 4. The number of amides is 2. The average molecular weight is 522 g/mol. The number of benzene rings is 3. The summed E-state index contributed by atoms with van der Waals surface area (Å²) < 4.78 is 27.8. The number of rotatable bonds is 10. The molecule has 1 aliphatic carbocycles. The van der Waals surface area contributed by atoms with Crippen LogP contribution in [-0.2, 0) is 26.2 Å². The van der Waals surface area contributed by atoms with Crippen molar-refractivity contribution >= 4 is 32.6 Å². The molecule has 196 valence electrons. The van der Waals surface area contributed by atoms with Crippen LogP contribution in [0.25, 0.3) is 10.8 Å². The Bertz CT molecular complexity index is 1340. The van der Waals surface area contributed by atoms with Crippen molar-refractivity contribution in [1.82, 2.24) is 14.5 Å². The maximum Gasteiger partial charge on any atom is 0.243 e. The lowest BCUT2D eigenvalue weighted by atomic mass is 10.1. The van der Waals surface area contributed by atoms with Crippen molar-refractivity contribution < 1.29 is 18.0 Å². The molecule has 0 saturated heterocycles. The van der Waals surface area contributed by atoms with Gasteiger partial charge in [0.25, 0.3) is 0 Å². The summed E-state index contributed by atoms with van der Waals surface area (Å²) in [5, 5.41) is 4.86. The van der Waals surface area contributed by atoms with Crippen LogP contribution in [0.4, 0.5) is 0 Å². The second kappa shape index (κ2) is 11.9. The molecular formula is C29H35N3O4S. The van der Waals surface area contributed by atoms with Gasteiger partial charge in [-0.2, -0.15) is 4.31 Å². The van der Waals surface area contributed by atoms with Crippen LogP contribution in [0, 0.1) is 0 Å². The smallest absolute Gasteiger partial charge is 0.243 e. The van der Waals surface area contributed by atoms with Gasteiger partial charge in [-0.25, -0.2) is 8.42 Å². The van der Waals surface area contributed by atoms with Crippen molar-refractivity contribution in [3.8, 4) is 0 Å². The van der Waals surface area contributed by atoms with Gasteiger partial charge in [0.2, 0.25) is 21.8 Å². The summed E-state index contributed by atoms with van der Waals surface area (Å²) in [6.45, 7) is 1.73. The number of hydrogen-bond donors (Lipinski definition) is 1. The molecule has 0 spiro atoms. The molecule has 37 heavy (non-hydrogen) atoms. The first-order valence-electron chi connectivity index (χ1n) is 12.9. The maximum atomic E-state index is 13.6. The largest absolute Gasteiger partial charge is 0.352 e. The van der Waals surface area contributed by atoms with Crippen molar-refractivity contribution in [3.63, 3.8) is 0 Å². The van der Waals surface area contributed by atoms with E-state index in [0.29, 0.717) is 6.42 Å². The molecule has 0 aromatic heterocycles. The average Bonchev–Trinajstić information content (AvgIpc) is 3.41. The van der Waals surface area contributed by atoms with Gasteiger partial charge >= 0.3 is 0 Å². The van der Waals surface area contributed by atoms with Crippen molar-refractivity contribution in [3.05, 3.63) is 78.4 Å². The molecule has 0 bridgehead atoms. The first-order chi connectivity index (χ1) is 17.8. The third kappa shape index (κ3) is 6.37. The first-order valence-corrected chi connectivity index (χ1v) is 14.3. The Morgan fingerprint density at radius 3 is 2.27 bits per heavy atom. The molecule has 4 rings (SSSR count). The lowest BCUT2D eigenvalue weighted by Gasteiger charge is -2.32. The summed E-state index contributed by atoms with van der Waals surface area (Å²) in [4.78, 5) is 28.5. The van der Waals surface area contributed by atoms with Crippen LogP contribution in [0.5, 0.6) is 0 Å². The fraction of sp³-hybridized carbons (Fsp3) is 0.379. The first kappa shape index (κ1) is 26.8. The molecule has 1 unspecified atom stereocenters. The predicted octanol–water partition coefficient (Wildman–Crippen LogP) is 4.33. The van der Waals surface area contributed by atoms with E-state index in [2.05, 4.69) is 5.32 Å². The highest BCUT2D eigenvalue weighted by molar-refractivity contribution is 7.89. The molecule has 1 aliphatic rings. The highest BCUT2D eigenvalue weighted by Crippen LogP contribution is 2.23. The van der Waals surface area contributed by atoms with E-state index in [4.69, 9.17) is 0 Å². The third-order valence-corrected chi connectivity index (χ3v) is 8.87. The molecule has 1 saturated carbocycles. The Morgan fingerprint density at radius 1 is 0.946 bits per heavy atom. The Kier molecular flexibility index (Phi) is 8.61. The quantitative estimate of drug-likeness (QED) is 0.430. The third-order valence-electron chi connectivity index (χ3n) is 7.07. The molecule has 3 aromatic carbocycles. The Balaban J connectivity index is 1.56. The molecule has 1 N–H and O–H groups in total. The minimum absolute atomic E-state index is 0.127. The van der Waals surface area contributed by atoms with Crippen molar-refractivity contribution in [2.75, 3.05) is 13.6 Å². The molecule has 1 fully saturated rings. The van der Waals surface area contributed by atoms with Gasteiger partial charge in [-0.1, -0.05) is 80.4 Å².